The Morgan fingerprint density at radius 3 is 2.50 bits per heavy atom. The van der Waals surface area contributed by atoms with Crippen molar-refractivity contribution in [2.75, 3.05) is 39.0 Å². The van der Waals surface area contributed by atoms with Gasteiger partial charge in [-0.25, -0.2) is 13.1 Å². The van der Waals surface area contributed by atoms with Crippen LogP contribution in [0.5, 0.6) is 0 Å². The van der Waals surface area contributed by atoms with Gasteiger partial charge in [0.2, 0.25) is 10.0 Å². The molecule has 8 heteroatoms. The fourth-order valence-corrected chi connectivity index (χ4v) is 3.84. The molecule has 1 saturated heterocycles. The highest BCUT2D eigenvalue weighted by Crippen LogP contribution is 2.21. The van der Waals surface area contributed by atoms with Gasteiger partial charge >= 0.3 is 0 Å². The topological polar surface area (TPSA) is 95.7 Å². The summed E-state index contributed by atoms with van der Waals surface area (Å²) in [6, 6.07) is 4.11. The van der Waals surface area contributed by atoms with Gasteiger partial charge in [0.25, 0.3) is 5.91 Å². The summed E-state index contributed by atoms with van der Waals surface area (Å²) in [5, 5.41) is 0. The molecule has 0 bridgehead atoms. The zero-order chi connectivity index (χ0) is 17.9. The second kappa shape index (κ2) is 7.50. The van der Waals surface area contributed by atoms with Gasteiger partial charge in [-0.15, -0.1) is 0 Å². The molecule has 0 aliphatic carbocycles. The molecule has 7 nitrogen and oxygen atoms in total. The predicted molar refractivity (Wildman–Crippen MR) is 94.3 cm³/mol. The smallest absolute Gasteiger partial charge is 0.256 e. The number of nitrogens with zero attached hydrogens (tertiary/aromatic N) is 2. The molecule has 1 heterocycles. The van der Waals surface area contributed by atoms with Gasteiger partial charge in [-0.3, -0.25) is 4.79 Å². The quantitative estimate of drug-likeness (QED) is 0.760. The highest BCUT2D eigenvalue weighted by Gasteiger charge is 2.24. The van der Waals surface area contributed by atoms with Gasteiger partial charge in [0, 0.05) is 37.9 Å². The third-order valence-electron chi connectivity index (χ3n) is 4.32. The third-order valence-corrected chi connectivity index (χ3v) is 5.91. The van der Waals surface area contributed by atoms with Crippen LogP contribution in [-0.2, 0) is 10.0 Å². The lowest BCUT2D eigenvalue weighted by atomic mass is 10.1. The lowest BCUT2D eigenvalue weighted by molar-refractivity contribution is 0.0665. The summed E-state index contributed by atoms with van der Waals surface area (Å²) in [7, 11) is -1.66. The maximum Gasteiger partial charge on any atom is 0.256 e. The molecule has 1 aliphatic heterocycles. The SMILES string of the molecule is CCC(C)NS(=O)(=O)c1ccc(N)c(C(=O)N2CCN(C)CC2)c1. The first-order valence-corrected chi connectivity index (χ1v) is 9.62. The summed E-state index contributed by atoms with van der Waals surface area (Å²) in [4.78, 5) is 16.6. The molecule has 1 aromatic rings. The predicted octanol–water partition coefficient (Wildman–Crippen LogP) is 0.733. The summed E-state index contributed by atoms with van der Waals surface area (Å²) >= 11 is 0. The van der Waals surface area contributed by atoms with Gasteiger partial charge < -0.3 is 15.5 Å². The van der Waals surface area contributed by atoms with Crippen molar-refractivity contribution in [2.24, 2.45) is 0 Å². The lowest BCUT2D eigenvalue weighted by Gasteiger charge is -2.32. The number of carbonyl (C=O) groups excluding carboxylic acids is 1. The fraction of sp³-hybridized carbons (Fsp3) is 0.562. The van der Waals surface area contributed by atoms with Crippen molar-refractivity contribution in [1.82, 2.24) is 14.5 Å². The zero-order valence-electron chi connectivity index (χ0n) is 14.4. The monoisotopic (exact) mass is 354 g/mol. The van der Waals surface area contributed by atoms with Crippen LogP contribution in [0.15, 0.2) is 23.1 Å². The number of carbonyl (C=O) groups is 1. The normalized spacial score (nSPS) is 17.7. The van der Waals surface area contributed by atoms with Crippen LogP contribution in [0, 0.1) is 0 Å². The van der Waals surface area contributed by atoms with E-state index in [0.29, 0.717) is 25.2 Å². The Kier molecular flexibility index (Phi) is 5.84. The van der Waals surface area contributed by atoms with Crippen LogP contribution in [0.1, 0.15) is 30.6 Å². The van der Waals surface area contributed by atoms with Crippen molar-refractivity contribution in [3.63, 3.8) is 0 Å². The summed E-state index contributed by atoms with van der Waals surface area (Å²) in [6.45, 7) is 6.50. The molecular formula is C16H26N4O3S. The van der Waals surface area contributed by atoms with E-state index in [1.807, 2.05) is 14.0 Å². The Morgan fingerprint density at radius 2 is 1.92 bits per heavy atom. The second-order valence-corrected chi connectivity index (χ2v) is 7.99. The summed E-state index contributed by atoms with van der Waals surface area (Å²) in [6.07, 6.45) is 0.682. The molecule has 0 radical (unpaired) electrons. The van der Waals surface area contributed by atoms with Gasteiger partial charge in [0.1, 0.15) is 0 Å². The number of anilines is 1. The van der Waals surface area contributed by atoms with E-state index in [1.165, 1.54) is 18.2 Å². The van der Waals surface area contributed by atoms with E-state index in [0.717, 1.165) is 13.1 Å². The first kappa shape index (κ1) is 18.7. The van der Waals surface area contributed by atoms with Gasteiger partial charge in [-0.05, 0) is 38.6 Å². The maximum absolute atomic E-state index is 12.7. The molecule has 1 aromatic carbocycles. The summed E-state index contributed by atoms with van der Waals surface area (Å²) < 4.78 is 27.4. The maximum atomic E-state index is 12.7. The average molecular weight is 354 g/mol. The molecule has 134 valence electrons. The molecule has 1 unspecified atom stereocenters. The number of nitrogens with two attached hydrogens (primary N) is 1. The van der Waals surface area contributed by atoms with Crippen molar-refractivity contribution in [1.29, 1.82) is 0 Å². The van der Waals surface area contributed by atoms with E-state index in [9.17, 15) is 13.2 Å². The first-order chi connectivity index (χ1) is 11.2. The minimum atomic E-state index is -3.67. The van der Waals surface area contributed by atoms with Crippen LogP contribution in [-0.4, -0.2) is 63.4 Å². The molecule has 24 heavy (non-hydrogen) atoms. The van der Waals surface area contributed by atoms with Crippen molar-refractivity contribution >= 4 is 21.6 Å². The van der Waals surface area contributed by atoms with Crippen LogP contribution in [0.3, 0.4) is 0 Å². The second-order valence-electron chi connectivity index (χ2n) is 6.28. The molecule has 1 fully saturated rings. The van der Waals surface area contributed by atoms with Crippen molar-refractivity contribution in [2.45, 2.75) is 31.2 Å². The summed E-state index contributed by atoms with van der Waals surface area (Å²) in [5.41, 5.74) is 6.46. The highest BCUT2D eigenvalue weighted by molar-refractivity contribution is 7.89. The number of hydrogen-bond donors (Lipinski definition) is 2. The lowest BCUT2D eigenvalue weighted by Crippen LogP contribution is -2.47. The van der Waals surface area contributed by atoms with Gasteiger partial charge in [-0.2, -0.15) is 0 Å². The van der Waals surface area contributed by atoms with Crippen LogP contribution < -0.4 is 10.5 Å². The van der Waals surface area contributed by atoms with E-state index >= 15 is 0 Å². The Labute approximate surface area is 143 Å². The van der Waals surface area contributed by atoms with Gasteiger partial charge in [0.05, 0.1) is 10.5 Å². The highest BCUT2D eigenvalue weighted by atomic mass is 32.2. The molecule has 2 rings (SSSR count). The third kappa shape index (κ3) is 4.25. The van der Waals surface area contributed by atoms with E-state index in [1.54, 1.807) is 11.8 Å². The van der Waals surface area contributed by atoms with E-state index < -0.39 is 10.0 Å². The number of rotatable bonds is 5. The van der Waals surface area contributed by atoms with Crippen LogP contribution in [0.4, 0.5) is 5.69 Å². The van der Waals surface area contributed by atoms with Gasteiger partial charge in [-0.1, -0.05) is 6.92 Å². The average Bonchev–Trinajstić information content (AvgIpc) is 2.54. The van der Waals surface area contributed by atoms with E-state index in [2.05, 4.69) is 9.62 Å². The minimum absolute atomic E-state index is 0.0643. The molecule has 0 spiro atoms. The number of benzene rings is 1. The first-order valence-electron chi connectivity index (χ1n) is 8.14. The number of piperazine rings is 1. The number of sulfonamides is 1. The minimum Gasteiger partial charge on any atom is -0.398 e. The molecule has 1 aliphatic rings. The van der Waals surface area contributed by atoms with Crippen molar-refractivity contribution in [3.05, 3.63) is 23.8 Å². The number of likely N-dealkylation sites (N-methyl/N-ethyl adjacent to an activating group) is 1. The van der Waals surface area contributed by atoms with Crippen molar-refractivity contribution in [3.8, 4) is 0 Å². The van der Waals surface area contributed by atoms with Crippen LogP contribution in [0.2, 0.25) is 0 Å². The standard InChI is InChI=1S/C16H26N4O3S/c1-4-12(2)18-24(22,23)13-5-6-15(17)14(11-13)16(21)20-9-7-19(3)8-10-20/h5-6,11-12,18H,4,7-10,17H2,1-3H3. The molecule has 3 N–H and O–H groups in total. The van der Waals surface area contributed by atoms with Crippen molar-refractivity contribution < 1.29 is 13.2 Å². The molecule has 1 atom stereocenters. The molecule has 1 amide bonds. The van der Waals surface area contributed by atoms with Crippen LogP contribution >= 0.6 is 0 Å². The van der Waals surface area contributed by atoms with Gasteiger partial charge in [0.15, 0.2) is 0 Å². The molecular weight excluding hydrogens is 328 g/mol. The molecule has 0 aromatic heterocycles. The number of hydrogen-bond acceptors (Lipinski definition) is 5. The van der Waals surface area contributed by atoms with E-state index in [4.69, 9.17) is 5.73 Å². The molecule has 0 saturated carbocycles. The Hall–Kier alpha value is -1.64. The Bertz CT molecular complexity index is 697. The zero-order valence-corrected chi connectivity index (χ0v) is 15.3. The fourth-order valence-electron chi connectivity index (χ4n) is 2.48. The summed E-state index contributed by atoms with van der Waals surface area (Å²) in [5.74, 6) is -0.221. The Morgan fingerprint density at radius 1 is 1.29 bits per heavy atom. The largest absolute Gasteiger partial charge is 0.398 e. The number of nitrogen functional groups attached to an aromatic ring is 1. The number of amides is 1. The van der Waals surface area contributed by atoms with E-state index in [-0.39, 0.29) is 22.4 Å². The van der Waals surface area contributed by atoms with Crippen LogP contribution in [0.25, 0.3) is 0 Å². The Balaban J connectivity index is 2.27. The number of nitrogens with one attached hydrogen (secondary N) is 1.